The van der Waals surface area contributed by atoms with E-state index in [0.29, 0.717) is 13.1 Å². The first-order chi connectivity index (χ1) is 11.5. The predicted octanol–water partition coefficient (Wildman–Crippen LogP) is 3.99. The van der Waals surface area contributed by atoms with Crippen LogP contribution in [-0.4, -0.2) is 41.1 Å². The number of carbonyl (C=O) groups excluding carboxylic acids is 1. The van der Waals surface area contributed by atoms with Crippen molar-refractivity contribution in [2.75, 3.05) is 13.1 Å². The molecule has 1 aliphatic heterocycles. The van der Waals surface area contributed by atoms with E-state index in [0.717, 1.165) is 21.3 Å². The van der Waals surface area contributed by atoms with Crippen LogP contribution in [0.1, 0.15) is 35.5 Å². The molecule has 2 unspecified atom stereocenters. The van der Waals surface area contributed by atoms with Crippen molar-refractivity contribution in [2.24, 2.45) is 0 Å². The third-order valence-corrected chi connectivity index (χ3v) is 6.08. The SMILES string of the molecule is Cc1csc(SCc2ccc(C(=O)N3CC(C)OC(C)C3)cc2)n1. The normalized spacial score (nSPS) is 21.0. The fourth-order valence-corrected chi connectivity index (χ4v) is 4.62. The van der Waals surface area contributed by atoms with Gasteiger partial charge in [0.2, 0.25) is 0 Å². The molecule has 3 rings (SSSR count). The molecule has 0 N–H and O–H groups in total. The Balaban J connectivity index is 1.60. The molecule has 1 fully saturated rings. The number of hydrogen-bond donors (Lipinski definition) is 0. The summed E-state index contributed by atoms with van der Waals surface area (Å²) >= 11 is 3.41. The quantitative estimate of drug-likeness (QED) is 0.771. The van der Waals surface area contributed by atoms with Gasteiger partial charge in [0, 0.05) is 35.5 Å². The Kier molecular flexibility index (Phi) is 5.58. The van der Waals surface area contributed by atoms with Gasteiger partial charge in [0.15, 0.2) is 0 Å². The highest BCUT2D eigenvalue weighted by molar-refractivity contribution is 8.00. The number of benzene rings is 1. The molecule has 24 heavy (non-hydrogen) atoms. The summed E-state index contributed by atoms with van der Waals surface area (Å²) in [5.74, 6) is 0.958. The van der Waals surface area contributed by atoms with E-state index in [4.69, 9.17) is 4.74 Å². The Labute approximate surface area is 151 Å². The minimum atomic E-state index is 0.0896. The van der Waals surface area contributed by atoms with Crippen LogP contribution in [-0.2, 0) is 10.5 Å². The number of nitrogens with zero attached hydrogens (tertiary/aromatic N) is 2. The van der Waals surface area contributed by atoms with Crippen LogP contribution in [0.2, 0.25) is 0 Å². The van der Waals surface area contributed by atoms with Gasteiger partial charge in [0.25, 0.3) is 5.91 Å². The lowest BCUT2D eigenvalue weighted by atomic mass is 10.1. The molecule has 0 aliphatic carbocycles. The first kappa shape index (κ1) is 17.5. The van der Waals surface area contributed by atoms with Crippen LogP contribution in [0.25, 0.3) is 0 Å². The standard InChI is InChI=1S/C18H22N2O2S2/c1-12-10-23-18(19-12)24-11-15-4-6-16(7-5-15)17(21)20-8-13(2)22-14(3)9-20/h4-7,10,13-14H,8-9,11H2,1-3H3. The molecule has 2 heterocycles. The topological polar surface area (TPSA) is 42.4 Å². The number of thioether (sulfide) groups is 1. The summed E-state index contributed by atoms with van der Waals surface area (Å²) in [4.78, 5) is 19.0. The van der Waals surface area contributed by atoms with Crippen LogP contribution in [0, 0.1) is 6.92 Å². The second-order valence-electron chi connectivity index (χ2n) is 6.21. The summed E-state index contributed by atoms with van der Waals surface area (Å²) in [6, 6.07) is 7.92. The number of hydrogen-bond acceptors (Lipinski definition) is 5. The maximum atomic E-state index is 12.6. The molecule has 6 heteroatoms. The zero-order valence-corrected chi connectivity index (χ0v) is 15.8. The van der Waals surface area contributed by atoms with Crippen molar-refractivity contribution < 1.29 is 9.53 Å². The molecular formula is C18H22N2O2S2. The van der Waals surface area contributed by atoms with E-state index >= 15 is 0 Å². The maximum Gasteiger partial charge on any atom is 0.254 e. The van der Waals surface area contributed by atoms with Gasteiger partial charge in [-0.3, -0.25) is 4.79 Å². The number of thiazole rings is 1. The second kappa shape index (κ2) is 7.68. The molecule has 1 saturated heterocycles. The van der Waals surface area contributed by atoms with Gasteiger partial charge in [-0.2, -0.15) is 0 Å². The van der Waals surface area contributed by atoms with Crippen molar-refractivity contribution in [1.82, 2.24) is 9.88 Å². The second-order valence-corrected chi connectivity index (χ2v) is 8.29. The van der Waals surface area contributed by atoms with Crippen molar-refractivity contribution in [1.29, 1.82) is 0 Å². The van der Waals surface area contributed by atoms with Gasteiger partial charge in [0.1, 0.15) is 4.34 Å². The highest BCUT2D eigenvalue weighted by atomic mass is 32.2. The average molecular weight is 363 g/mol. The van der Waals surface area contributed by atoms with E-state index in [1.165, 1.54) is 5.56 Å². The van der Waals surface area contributed by atoms with E-state index in [1.807, 2.05) is 49.9 Å². The highest BCUT2D eigenvalue weighted by Crippen LogP contribution is 2.26. The number of morpholine rings is 1. The molecular weight excluding hydrogens is 340 g/mol. The van der Waals surface area contributed by atoms with E-state index in [9.17, 15) is 4.79 Å². The molecule has 0 radical (unpaired) electrons. The van der Waals surface area contributed by atoms with E-state index < -0.39 is 0 Å². The van der Waals surface area contributed by atoms with Gasteiger partial charge in [-0.15, -0.1) is 11.3 Å². The number of amides is 1. The smallest absolute Gasteiger partial charge is 0.254 e. The van der Waals surface area contributed by atoms with Crippen LogP contribution < -0.4 is 0 Å². The summed E-state index contributed by atoms with van der Waals surface area (Å²) in [6.45, 7) is 7.34. The number of aromatic nitrogens is 1. The van der Waals surface area contributed by atoms with Crippen molar-refractivity contribution in [2.45, 2.75) is 43.1 Å². The lowest BCUT2D eigenvalue weighted by molar-refractivity contribution is -0.0586. The molecule has 1 aromatic carbocycles. The monoisotopic (exact) mass is 362 g/mol. The number of carbonyl (C=O) groups is 1. The lowest BCUT2D eigenvalue weighted by Crippen LogP contribution is -2.48. The van der Waals surface area contributed by atoms with Crippen LogP contribution in [0.3, 0.4) is 0 Å². The van der Waals surface area contributed by atoms with Gasteiger partial charge in [-0.1, -0.05) is 23.9 Å². The van der Waals surface area contributed by atoms with Crippen molar-refractivity contribution in [3.05, 3.63) is 46.5 Å². The molecule has 0 spiro atoms. The van der Waals surface area contributed by atoms with E-state index in [-0.39, 0.29) is 18.1 Å². The fourth-order valence-electron chi connectivity index (χ4n) is 2.81. The Hall–Kier alpha value is -1.37. The van der Waals surface area contributed by atoms with Crippen LogP contribution >= 0.6 is 23.1 Å². The van der Waals surface area contributed by atoms with Gasteiger partial charge < -0.3 is 9.64 Å². The first-order valence-electron chi connectivity index (χ1n) is 8.10. The maximum absolute atomic E-state index is 12.6. The highest BCUT2D eigenvalue weighted by Gasteiger charge is 2.26. The van der Waals surface area contributed by atoms with Crippen molar-refractivity contribution in [3.8, 4) is 0 Å². The van der Waals surface area contributed by atoms with Crippen molar-refractivity contribution in [3.63, 3.8) is 0 Å². The first-order valence-corrected chi connectivity index (χ1v) is 9.96. The average Bonchev–Trinajstić information content (AvgIpc) is 2.97. The minimum Gasteiger partial charge on any atom is -0.372 e. The molecule has 2 atom stereocenters. The summed E-state index contributed by atoms with van der Waals surface area (Å²) in [6.07, 6.45) is 0.185. The van der Waals surface area contributed by atoms with Crippen LogP contribution in [0.4, 0.5) is 0 Å². The minimum absolute atomic E-state index is 0.0896. The van der Waals surface area contributed by atoms with Gasteiger partial charge in [0.05, 0.1) is 12.2 Å². The number of ether oxygens (including phenoxy) is 1. The lowest BCUT2D eigenvalue weighted by Gasteiger charge is -2.35. The summed E-state index contributed by atoms with van der Waals surface area (Å²) in [5, 5.41) is 2.06. The third-order valence-electron chi connectivity index (χ3n) is 3.87. The molecule has 2 aromatic rings. The Morgan fingerprint density at radius 2 is 1.96 bits per heavy atom. The van der Waals surface area contributed by atoms with Crippen LogP contribution in [0.5, 0.6) is 0 Å². The van der Waals surface area contributed by atoms with Crippen molar-refractivity contribution >= 4 is 29.0 Å². The Morgan fingerprint density at radius 3 is 2.54 bits per heavy atom. The molecule has 0 bridgehead atoms. The summed E-state index contributed by atoms with van der Waals surface area (Å²) in [5.41, 5.74) is 3.01. The largest absolute Gasteiger partial charge is 0.372 e. The molecule has 0 saturated carbocycles. The van der Waals surface area contributed by atoms with Gasteiger partial charge >= 0.3 is 0 Å². The molecule has 128 valence electrons. The summed E-state index contributed by atoms with van der Waals surface area (Å²) < 4.78 is 6.78. The summed E-state index contributed by atoms with van der Waals surface area (Å²) in [7, 11) is 0. The zero-order valence-electron chi connectivity index (χ0n) is 14.2. The molecule has 1 amide bonds. The Bertz CT molecular complexity index is 689. The molecule has 1 aromatic heterocycles. The van der Waals surface area contributed by atoms with Gasteiger partial charge in [-0.05, 0) is 38.5 Å². The van der Waals surface area contributed by atoms with E-state index in [1.54, 1.807) is 23.1 Å². The zero-order chi connectivity index (χ0) is 17.1. The molecule has 1 aliphatic rings. The van der Waals surface area contributed by atoms with Crippen LogP contribution in [0.15, 0.2) is 34.0 Å². The van der Waals surface area contributed by atoms with E-state index in [2.05, 4.69) is 10.4 Å². The number of rotatable bonds is 4. The Morgan fingerprint density at radius 1 is 1.29 bits per heavy atom. The number of aryl methyl sites for hydroxylation is 1. The third kappa shape index (κ3) is 4.37. The predicted molar refractivity (Wildman–Crippen MR) is 98.8 cm³/mol. The van der Waals surface area contributed by atoms with Gasteiger partial charge in [-0.25, -0.2) is 4.98 Å². The fraction of sp³-hybridized carbons (Fsp3) is 0.444. The molecule has 4 nitrogen and oxygen atoms in total.